The van der Waals surface area contributed by atoms with Crippen LogP contribution in [0.25, 0.3) is 0 Å². The number of carbonyl (C=O) groups is 1. The number of ether oxygens (including phenoxy) is 2. The molecule has 0 saturated heterocycles. The fourth-order valence-electron chi connectivity index (χ4n) is 2.28. The normalized spacial score (nSPS) is 12.7. The molecule has 2 aromatic rings. The van der Waals surface area contributed by atoms with Crippen LogP contribution in [0.15, 0.2) is 60.0 Å². The minimum absolute atomic E-state index is 0.0669. The van der Waals surface area contributed by atoms with Gasteiger partial charge in [0.1, 0.15) is 11.5 Å². The lowest BCUT2D eigenvalue weighted by atomic mass is 10.1. The second-order valence-corrected chi connectivity index (χ2v) is 5.35. The molecule has 4 nitrogen and oxygen atoms in total. The summed E-state index contributed by atoms with van der Waals surface area (Å²) in [5.74, 6) is 2.11. The van der Waals surface area contributed by atoms with Crippen molar-refractivity contribution in [3.05, 3.63) is 65.6 Å². The van der Waals surface area contributed by atoms with Crippen LogP contribution in [0.4, 0.5) is 0 Å². The van der Waals surface area contributed by atoms with Crippen molar-refractivity contribution in [1.29, 1.82) is 0 Å². The Balaban J connectivity index is 1.65. The molecule has 0 spiro atoms. The lowest BCUT2D eigenvalue weighted by Gasteiger charge is -2.09. The number of pyridine rings is 1. The zero-order valence-electron chi connectivity index (χ0n) is 13.1. The van der Waals surface area contributed by atoms with E-state index >= 15 is 0 Å². The van der Waals surface area contributed by atoms with Crippen LogP contribution >= 0.6 is 0 Å². The van der Waals surface area contributed by atoms with E-state index in [1.807, 2.05) is 19.1 Å². The first-order valence-electron chi connectivity index (χ1n) is 7.82. The molecule has 4 heteroatoms. The van der Waals surface area contributed by atoms with Gasteiger partial charge in [-0.1, -0.05) is 6.07 Å². The second-order valence-electron chi connectivity index (χ2n) is 5.35. The Morgan fingerprint density at radius 2 is 1.91 bits per heavy atom. The molecule has 0 radical (unpaired) electrons. The van der Waals surface area contributed by atoms with Gasteiger partial charge in [0.15, 0.2) is 5.78 Å². The molecule has 0 amide bonds. The summed E-state index contributed by atoms with van der Waals surface area (Å²) in [5, 5.41) is 0. The van der Waals surface area contributed by atoms with Crippen LogP contribution in [0.1, 0.15) is 36.5 Å². The predicted molar refractivity (Wildman–Crippen MR) is 87.6 cm³/mol. The van der Waals surface area contributed by atoms with Crippen molar-refractivity contribution in [2.24, 2.45) is 0 Å². The van der Waals surface area contributed by atoms with Gasteiger partial charge < -0.3 is 9.47 Å². The van der Waals surface area contributed by atoms with Crippen LogP contribution in [0.5, 0.6) is 11.6 Å². The summed E-state index contributed by atoms with van der Waals surface area (Å²) < 4.78 is 11.2. The number of aromatic nitrogens is 1. The van der Waals surface area contributed by atoms with Crippen molar-refractivity contribution in [3.8, 4) is 11.6 Å². The SMILES string of the molecule is CCOC(CC(=O)c1ccc(Oc2ccccn2)cc1)=C1CC1. The molecule has 1 aliphatic carbocycles. The van der Waals surface area contributed by atoms with Crippen molar-refractivity contribution in [2.45, 2.75) is 26.2 Å². The molecule has 3 rings (SSSR count). The number of hydrogen-bond donors (Lipinski definition) is 0. The molecule has 0 unspecified atom stereocenters. The van der Waals surface area contributed by atoms with Crippen molar-refractivity contribution in [2.75, 3.05) is 6.61 Å². The summed E-state index contributed by atoms with van der Waals surface area (Å²) in [4.78, 5) is 16.5. The summed E-state index contributed by atoms with van der Waals surface area (Å²) in [6, 6.07) is 12.6. The number of carbonyl (C=O) groups excluding carboxylic acids is 1. The van der Waals surface area contributed by atoms with Crippen LogP contribution in [0, 0.1) is 0 Å². The third-order valence-corrected chi connectivity index (χ3v) is 3.57. The number of ketones is 1. The molecular formula is C19H19NO3. The van der Waals surface area contributed by atoms with Crippen LogP contribution < -0.4 is 4.74 Å². The standard InChI is InChI=1S/C19H19NO3/c1-2-22-18(15-6-7-15)13-17(21)14-8-10-16(11-9-14)23-19-5-3-4-12-20-19/h3-5,8-12H,2,6-7,13H2,1H3. The smallest absolute Gasteiger partial charge is 0.219 e. The van der Waals surface area contributed by atoms with Crippen LogP contribution in [0.3, 0.4) is 0 Å². The van der Waals surface area contributed by atoms with E-state index in [1.165, 1.54) is 5.57 Å². The van der Waals surface area contributed by atoms with E-state index < -0.39 is 0 Å². The first-order valence-corrected chi connectivity index (χ1v) is 7.82. The molecule has 0 N–H and O–H groups in total. The Morgan fingerprint density at radius 1 is 1.13 bits per heavy atom. The summed E-state index contributed by atoms with van der Waals surface area (Å²) >= 11 is 0. The van der Waals surface area contributed by atoms with Crippen molar-refractivity contribution < 1.29 is 14.3 Å². The maximum atomic E-state index is 12.4. The molecule has 1 aliphatic rings. The number of allylic oxidation sites excluding steroid dienone is 2. The van der Waals surface area contributed by atoms with Gasteiger partial charge in [0.05, 0.1) is 13.0 Å². The van der Waals surface area contributed by atoms with Crippen molar-refractivity contribution in [3.63, 3.8) is 0 Å². The third kappa shape index (κ3) is 4.19. The van der Waals surface area contributed by atoms with E-state index in [9.17, 15) is 4.79 Å². The molecule has 118 valence electrons. The Morgan fingerprint density at radius 3 is 2.52 bits per heavy atom. The highest BCUT2D eigenvalue weighted by atomic mass is 16.5. The molecular weight excluding hydrogens is 290 g/mol. The summed E-state index contributed by atoms with van der Waals surface area (Å²) in [5.41, 5.74) is 1.94. The Bertz CT molecular complexity index is 699. The molecule has 0 bridgehead atoms. The van der Waals surface area contributed by atoms with Gasteiger partial charge in [0.25, 0.3) is 0 Å². The fourth-order valence-corrected chi connectivity index (χ4v) is 2.28. The third-order valence-electron chi connectivity index (χ3n) is 3.57. The Labute approximate surface area is 135 Å². The quantitative estimate of drug-likeness (QED) is 0.557. The topological polar surface area (TPSA) is 48.4 Å². The molecule has 0 aliphatic heterocycles. The molecule has 23 heavy (non-hydrogen) atoms. The van der Waals surface area contributed by atoms with Gasteiger partial charge >= 0.3 is 0 Å². The first kappa shape index (κ1) is 15.3. The summed E-state index contributed by atoms with van der Waals surface area (Å²) in [6.45, 7) is 2.54. The maximum Gasteiger partial charge on any atom is 0.219 e. The first-order chi connectivity index (χ1) is 11.3. The molecule has 1 aromatic heterocycles. The molecule has 1 fully saturated rings. The minimum Gasteiger partial charge on any atom is -0.498 e. The van der Waals surface area contributed by atoms with Crippen LogP contribution in [-0.2, 0) is 4.74 Å². The zero-order chi connectivity index (χ0) is 16.1. The van der Waals surface area contributed by atoms with Gasteiger partial charge in [-0.05, 0) is 55.7 Å². The molecule has 1 saturated carbocycles. The lowest BCUT2D eigenvalue weighted by Crippen LogP contribution is -2.03. The van der Waals surface area contributed by atoms with E-state index in [1.54, 1.807) is 36.5 Å². The highest BCUT2D eigenvalue weighted by Crippen LogP contribution is 2.34. The number of benzene rings is 1. The van der Waals surface area contributed by atoms with Gasteiger partial charge in [-0.25, -0.2) is 4.98 Å². The van der Waals surface area contributed by atoms with Crippen LogP contribution in [-0.4, -0.2) is 17.4 Å². The lowest BCUT2D eigenvalue weighted by molar-refractivity contribution is 0.0963. The van der Waals surface area contributed by atoms with E-state index in [4.69, 9.17) is 9.47 Å². The van der Waals surface area contributed by atoms with Gasteiger partial charge in [-0.3, -0.25) is 4.79 Å². The number of rotatable bonds is 7. The van der Waals surface area contributed by atoms with E-state index in [2.05, 4.69) is 4.98 Å². The van der Waals surface area contributed by atoms with Crippen LogP contribution in [0.2, 0.25) is 0 Å². The monoisotopic (exact) mass is 309 g/mol. The Kier molecular flexibility index (Phi) is 4.71. The minimum atomic E-state index is 0.0669. The molecule has 0 atom stereocenters. The van der Waals surface area contributed by atoms with E-state index in [0.717, 1.165) is 18.6 Å². The van der Waals surface area contributed by atoms with E-state index in [-0.39, 0.29) is 5.78 Å². The number of hydrogen-bond acceptors (Lipinski definition) is 4. The van der Waals surface area contributed by atoms with E-state index in [0.29, 0.717) is 30.2 Å². The van der Waals surface area contributed by atoms with Crippen molar-refractivity contribution >= 4 is 5.78 Å². The Hall–Kier alpha value is -2.62. The second kappa shape index (κ2) is 7.09. The number of nitrogens with zero attached hydrogens (tertiary/aromatic N) is 1. The summed E-state index contributed by atoms with van der Waals surface area (Å²) in [7, 11) is 0. The van der Waals surface area contributed by atoms with Gasteiger partial charge in [0, 0.05) is 17.8 Å². The maximum absolute atomic E-state index is 12.4. The van der Waals surface area contributed by atoms with Crippen molar-refractivity contribution in [1.82, 2.24) is 4.98 Å². The van der Waals surface area contributed by atoms with Gasteiger partial charge in [-0.2, -0.15) is 0 Å². The van der Waals surface area contributed by atoms with Gasteiger partial charge in [0.2, 0.25) is 5.88 Å². The fraction of sp³-hybridized carbons (Fsp3) is 0.263. The largest absolute Gasteiger partial charge is 0.498 e. The highest BCUT2D eigenvalue weighted by molar-refractivity contribution is 5.97. The predicted octanol–water partition coefficient (Wildman–Crippen LogP) is 4.53. The number of Topliss-reactive ketones (excluding diaryl/α,β-unsaturated/α-hetero) is 1. The highest BCUT2D eigenvalue weighted by Gasteiger charge is 2.21. The molecule has 1 heterocycles. The average Bonchev–Trinajstić information content (AvgIpc) is 3.41. The zero-order valence-corrected chi connectivity index (χ0v) is 13.1. The average molecular weight is 309 g/mol. The summed E-state index contributed by atoms with van der Waals surface area (Å²) in [6.07, 6.45) is 4.12. The van der Waals surface area contributed by atoms with Gasteiger partial charge in [-0.15, -0.1) is 0 Å². The molecule has 1 aromatic carbocycles.